The van der Waals surface area contributed by atoms with Crippen molar-refractivity contribution in [2.24, 2.45) is 0 Å². The summed E-state index contributed by atoms with van der Waals surface area (Å²) < 4.78 is 32.3. The van der Waals surface area contributed by atoms with Gasteiger partial charge in [-0.1, -0.05) is 37.3 Å². The molecule has 0 saturated carbocycles. The molecule has 0 radical (unpaired) electrons. The third kappa shape index (κ3) is 6.63. The van der Waals surface area contributed by atoms with Gasteiger partial charge >= 0.3 is 10.1 Å². The van der Waals surface area contributed by atoms with E-state index < -0.39 is 10.1 Å². The molecule has 0 bridgehead atoms. The monoisotopic (exact) mass is 470 g/mol. The number of pyridine rings is 1. The van der Waals surface area contributed by atoms with E-state index in [2.05, 4.69) is 51.7 Å². The van der Waals surface area contributed by atoms with Crippen molar-refractivity contribution in [3.63, 3.8) is 0 Å². The van der Waals surface area contributed by atoms with Gasteiger partial charge in [0.05, 0.1) is 0 Å². The van der Waals surface area contributed by atoms with Gasteiger partial charge in [-0.2, -0.15) is 8.42 Å². The Morgan fingerprint density at radius 2 is 1.90 bits per heavy atom. The van der Waals surface area contributed by atoms with Crippen LogP contribution >= 0.6 is 23.7 Å². The van der Waals surface area contributed by atoms with Crippen LogP contribution < -0.4 is 15.5 Å². The van der Waals surface area contributed by atoms with Gasteiger partial charge in [-0.3, -0.25) is 4.55 Å². The second-order valence-electron chi connectivity index (χ2n) is 6.59. The molecule has 0 spiro atoms. The normalized spacial score (nSPS) is 14.0. The van der Waals surface area contributed by atoms with Crippen molar-refractivity contribution in [1.29, 1.82) is 0 Å². The van der Waals surface area contributed by atoms with Gasteiger partial charge in [-0.25, -0.2) is 4.98 Å². The summed E-state index contributed by atoms with van der Waals surface area (Å²) in [6, 6.07) is 13.7. The number of anilines is 1. The summed E-state index contributed by atoms with van der Waals surface area (Å²) in [5.41, 5.74) is 1.35. The summed E-state index contributed by atoms with van der Waals surface area (Å²) in [5.74, 6) is 0.783. The highest BCUT2D eigenvalue weighted by Crippen LogP contribution is 2.34. The van der Waals surface area contributed by atoms with Crippen LogP contribution in [0.15, 0.2) is 52.9 Å². The number of aromatic nitrogens is 1. The van der Waals surface area contributed by atoms with Gasteiger partial charge in [0.15, 0.2) is 0 Å². The lowest BCUT2D eigenvalue weighted by atomic mass is 10.2. The Labute approximate surface area is 187 Å². The fourth-order valence-electron chi connectivity index (χ4n) is 3.05. The van der Waals surface area contributed by atoms with E-state index in [0.717, 1.165) is 66.5 Å². The fraction of sp³-hybridized carbons (Fsp3) is 0.350. The SMILES string of the molecule is CCNCc1ccccc1.Cl.O=S(=O)(O)c1cc2c(N3CCNCC3)nccc2s1. The van der Waals surface area contributed by atoms with Crippen molar-refractivity contribution in [2.45, 2.75) is 17.7 Å². The minimum Gasteiger partial charge on any atom is -0.354 e. The Morgan fingerprint density at radius 1 is 1.20 bits per heavy atom. The van der Waals surface area contributed by atoms with Crippen molar-refractivity contribution < 1.29 is 13.0 Å². The Hall–Kier alpha value is -1.75. The molecule has 1 aromatic carbocycles. The van der Waals surface area contributed by atoms with Gasteiger partial charge in [-0.15, -0.1) is 23.7 Å². The van der Waals surface area contributed by atoms with Crippen LogP contribution in [0.1, 0.15) is 12.5 Å². The molecule has 3 aromatic rings. The third-order valence-corrected chi connectivity index (χ3v) is 6.90. The molecule has 30 heavy (non-hydrogen) atoms. The number of nitrogens with one attached hydrogen (secondary N) is 2. The number of rotatable bonds is 5. The van der Waals surface area contributed by atoms with Gasteiger partial charge in [0, 0.05) is 49.0 Å². The van der Waals surface area contributed by atoms with Crippen LogP contribution in [0.2, 0.25) is 0 Å². The van der Waals surface area contributed by atoms with E-state index in [1.165, 1.54) is 11.6 Å². The van der Waals surface area contributed by atoms with Gasteiger partial charge in [0.25, 0.3) is 0 Å². The second kappa shape index (κ2) is 11.6. The average Bonchev–Trinajstić information content (AvgIpc) is 3.19. The van der Waals surface area contributed by atoms with E-state index in [9.17, 15) is 8.42 Å². The number of hydrogen-bond donors (Lipinski definition) is 3. The van der Waals surface area contributed by atoms with Crippen LogP contribution in [-0.4, -0.2) is 50.7 Å². The van der Waals surface area contributed by atoms with E-state index in [0.29, 0.717) is 0 Å². The van der Waals surface area contributed by atoms with Crippen molar-refractivity contribution >= 4 is 49.8 Å². The van der Waals surface area contributed by atoms with Crippen LogP contribution in [0.3, 0.4) is 0 Å². The molecule has 2 aromatic heterocycles. The van der Waals surface area contributed by atoms with E-state index in [1.54, 1.807) is 12.3 Å². The Balaban J connectivity index is 0.000000249. The van der Waals surface area contributed by atoms with E-state index in [1.807, 2.05) is 6.07 Å². The third-order valence-electron chi connectivity index (χ3n) is 4.49. The molecule has 3 heterocycles. The molecule has 0 atom stereocenters. The summed E-state index contributed by atoms with van der Waals surface area (Å²) >= 11 is 1.06. The molecule has 1 saturated heterocycles. The van der Waals surface area contributed by atoms with Crippen LogP contribution in [0.25, 0.3) is 10.1 Å². The van der Waals surface area contributed by atoms with E-state index in [4.69, 9.17) is 4.55 Å². The zero-order valence-electron chi connectivity index (χ0n) is 16.7. The number of benzene rings is 1. The highest BCUT2D eigenvalue weighted by atomic mass is 35.5. The first-order chi connectivity index (χ1) is 14.0. The predicted octanol–water partition coefficient (Wildman–Crippen LogP) is 3.17. The molecule has 0 unspecified atom stereocenters. The molecule has 164 valence electrons. The summed E-state index contributed by atoms with van der Waals surface area (Å²) in [6.07, 6.45) is 1.67. The zero-order valence-corrected chi connectivity index (χ0v) is 19.2. The number of halogens is 1. The largest absolute Gasteiger partial charge is 0.354 e. The highest BCUT2D eigenvalue weighted by Gasteiger charge is 2.19. The second-order valence-corrected chi connectivity index (χ2v) is 9.32. The van der Waals surface area contributed by atoms with Crippen molar-refractivity contribution in [1.82, 2.24) is 15.6 Å². The number of hydrogen-bond acceptors (Lipinski definition) is 7. The van der Waals surface area contributed by atoms with Gasteiger partial charge in [0.1, 0.15) is 10.0 Å². The van der Waals surface area contributed by atoms with Crippen molar-refractivity contribution in [3.05, 3.63) is 54.2 Å². The molecule has 10 heteroatoms. The minimum absolute atomic E-state index is 0. The number of fused-ring (bicyclic) bond motifs is 1. The Kier molecular flexibility index (Phi) is 9.47. The average molecular weight is 471 g/mol. The summed E-state index contributed by atoms with van der Waals surface area (Å²) in [4.78, 5) is 6.48. The Bertz CT molecular complexity index is 1020. The lowest BCUT2D eigenvalue weighted by molar-refractivity contribution is 0.485. The molecule has 0 amide bonds. The molecule has 1 aliphatic rings. The molecule has 7 nitrogen and oxygen atoms in total. The molecule has 4 rings (SSSR count). The molecule has 3 N–H and O–H groups in total. The number of thiophene rings is 1. The van der Waals surface area contributed by atoms with Gasteiger partial charge in [0.2, 0.25) is 0 Å². The molecule has 1 fully saturated rings. The maximum Gasteiger partial charge on any atom is 0.304 e. The first-order valence-electron chi connectivity index (χ1n) is 9.55. The maximum atomic E-state index is 11.2. The molecule has 0 aliphatic carbocycles. The molecular weight excluding hydrogens is 444 g/mol. The van der Waals surface area contributed by atoms with E-state index >= 15 is 0 Å². The standard InChI is InChI=1S/C11H13N3O3S2.C9H13N.ClH/c15-19(16,17)10-7-8-9(18-10)1-2-13-11(8)14-5-3-12-4-6-14;1-2-10-8-9-6-4-3-5-7-9;/h1-2,7,12H,3-6H2,(H,15,16,17);3-7,10H,2,8H2,1H3;1H. The minimum atomic E-state index is -4.15. The maximum absolute atomic E-state index is 11.2. The molecular formula is C20H27ClN4O3S2. The Morgan fingerprint density at radius 3 is 2.53 bits per heavy atom. The van der Waals surface area contributed by atoms with Crippen LogP contribution in [-0.2, 0) is 16.7 Å². The highest BCUT2D eigenvalue weighted by molar-refractivity contribution is 7.88. The zero-order chi connectivity index (χ0) is 20.7. The quantitative estimate of drug-likeness (QED) is 0.493. The van der Waals surface area contributed by atoms with E-state index in [-0.39, 0.29) is 16.6 Å². The van der Waals surface area contributed by atoms with Gasteiger partial charge < -0.3 is 15.5 Å². The number of nitrogens with zero attached hydrogens (tertiary/aromatic N) is 2. The van der Waals surface area contributed by atoms with Gasteiger partial charge in [-0.05, 0) is 24.2 Å². The van der Waals surface area contributed by atoms with Crippen LogP contribution in [0.4, 0.5) is 5.82 Å². The predicted molar refractivity (Wildman–Crippen MR) is 126 cm³/mol. The lowest BCUT2D eigenvalue weighted by Crippen LogP contribution is -2.43. The fourth-order valence-corrected chi connectivity index (χ4v) is 4.79. The van der Waals surface area contributed by atoms with Crippen molar-refractivity contribution in [3.8, 4) is 0 Å². The van der Waals surface area contributed by atoms with Crippen LogP contribution in [0, 0.1) is 0 Å². The summed E-state index contributed by atoms with van der Waals surface area (Å²) in [7, 11) is -4.15. The molecule has 1 aliphatic heterocycles. The summed E-state index contributed by atoms with van der Waals surface area (Å²) in [6.45, 7) is 7.57. The first-order valence-corrected chi connectivity index (χ1v) is 11.8. The number of piperazine rings is 1. The van der Waals surface area contributed by atoms with Crippen LogP contribution in [0.5, 0.6) is 0 Å². The topological polar surface area (TPSA) is 94.6 Å². The smallest absolute Gasteiger partial charge is 0.304 e. The van der Waals surface area contributed by atoms with Crippen molar-refractivity contribution in [2.75, 3.05) is 37.6 Å². The first kappa shape index (κ1) is 24.5. The lowest BCUT2D eigenvalue weighted by Gasteiger charge is -2.28. The summed E-state index contributed by atoms with van der Waals surface area (Å²) in [5, 5.41) is 7.30.